The van der Waals surface area contributed by atoms with Crippen LogP contribution in [0.4, 0.5) is 0 Å². The predicted octanol–water partition coefficient (Wildman–Crippen LogP) is 3.41. The normalized spacial score (nSPS) is 20.9. The largest absolute Gasteiger partial charge is 0.198 e. The summed E-state index contributed by atoms with van der Waals surface area (Å²) in [6.45, 7) is 0. The molecule has 0 aliphatic heterocycles. The Kier molecular flexibility index (Phi) is 2.24. The van der Waals surface area contributed by atoms with Crippen LogP contribution < -0.4 is 0 Å². The highest BCUT2D eigenvalue weighted by Crippen LogP contribution is 2.47. The fourth-order valence-corrected chi connectivity index (χ4v) is 2.77. The molecule has 0 radical (unpaired) electrons. The summed E-state index contributed by atoms with van der Waals surface area (Å²) in [5.41, 5.74) is 4.46. The molecule has 2 aliphatic rings. The number of nitriles is 1. The van der Waals surface area contributed by atoms with Gasteiger partial charge in [-0.2, -0.15) is 5.26 Å². The summed E-state index contributed by atoms with van der Waals surface area (Å²) in [5.74, 6) is 0. The summed E-state index contributed by atoms with van der Waals surface area (Å²) < 4.78 is 0. The number of benzene rings is 1. The minimum atomic E-state index is 0.00288. The van der Waals surface area contributed by atoms with Gasteiger partial charge in [0, 0.05) is 0 Å². The van der Waals surface area contributed by atoms with Gasteiger partial charge in [-0.15, -0.1) is 0 Å². The first kappa shape index (κ1) is 9.90. The fourth-order valence-electron chi connectivity index (χ4n) is 2.77. The SMILES string of the molecule is N#CC1(Cc2ccc3c(c2)CCCC3)CC1. The maximum absolute atomic E-state index is 9.11. The number of nitrogens with zero attached hydrogens (tertiary/aromatic N) is 1. The first-order chi connectivity index (χ1) is 7.81. The highest BCUT2D eigenvalue weighted by Gasteiger charge is 2.42. The first-order valence-electron chi connectivity index (χ1n) is 6.33. The van der Waals surface area contributed by atoms with Gasteiger partial charge in [-0.1, -0.05) is 18.2 Å². The topological polar surface area (TPSA) is 23.8 Å². The maximum Gasteiger partial charge on any atom is 0.0693 e. The summed E-state index contributed by atoms with van der Waals surface area (Å²) in [4.78, 5) is 0. The van der Waals surface area contributed by atoms with Crippen molar-refractivity contribution in [1.29, 1.82) is 5.26 Å². The standard InChI is InChI=1S/C15H17N/c16-11-15(7-8-15)10-12-5-6-13-3-1-2-4-14(13)9-12/h5-6,9H,1-4,7-8,10H2. The van der Waals surface area contributed by atoms with E-state index < -0.39 is 0 Å². The van der Waals surface area contributed by atoms with Gasteiger partial charge in [0.1, 0.15) is 0 Å². The van der Waals surface area contributed by atoms with Crippen molar-refractivity contribution < 1.29 is 0 Å². The van der Waals surface area contributed by atoms with Crippen molar-refractivity contribution >= 4 is 0 Å². The Balaban J connectivity index is 1.84. The molecule has 0 bridgehead atoms. The molecule has 0 N–H and O–H groups in total. The maximum atomic E-state index is 9.11. The zero-order chi connectivity index (χ0) is 11.0. The van der Waals surface area contributed by atoms with E-state index in [4.69, 9.17) is 5.26 Å². The van der Waals surface area contributed by atoms with Crippen molar-refractivity contribution in [3.63, 3.8) is 0 Å². The van der Waals surface area contributed by atoms with Gasteiger partial charge < -0.3 is 0 Å². The molecule has 0 heterocycles. The van der Waals surface area contributed by atoms with Crippen LogP contribution in [0.2, 0.25) is 0 Å². The van der Waals surface area contributed by atoms with E-state index in [0.29, 0.717) is 0 Å². The molecule has 0 spiro atoms. The average Bonchev–Trinajstić information content (AvgIpc) is 3.09. The van der Waals surface area contributed by atoms with Crippen LogP contribution >= 0.6 is 0 Å². The lowest BCUT2D eigenvalue weighted by atomic mass is 9.88. The van der Waals surface area contributed by atoms with Gasteiger partial charge in [0.05, 0.1) is 11.5 Å². The molecular formula is C15H17N. The van der Waals surface area contributed by atoms with E-state index in [2.05, 4.69) is 24.3 Å². The molecule has 0 amide bonds. The monoisotopic (exact) mass is 211 g/mol. The van der Waals surface area contributed by atoms with Crippen LogP contribution in [-0.2, 0) is 19.3 Å². The molecule has 1 aromatic rings. The van der Waals surface area contributed by atoms with Crippen LogP contribution in [0.3, 0.4) is 0 Å². The number of fused-ring (bicyclic) bond motifs is 1. The van der Waals surface area contributed by atoms with Crippen molar-refractivity contribution in [2.75, 3.05) is 0 Å². The average molecular weight is 211 g/mol. The van der Waals surface area contributed by atoms with Crippen molar-refractivity contribution in [2.45, 2.75) is 44.9 Å². The second-order valence-corrected chi connectivity index (χ2v) is 5.38. The third-order valence-electron chi connectivity index (χ3n) is 4.05. The summed E-state index contributed by atoms with van der Waals surface area (Å²) in [6.07, 6.45) is 8.33. The minimum absolute atomic E-state index is 0.00288. The lowest BCUT2D eigenvalue weighted by Crippen LogP contribution is -2.06. The lowest BCUT2D eigenvalue weighted by Gasteiger charge is -2.17. The predicted molar refractivity (Wildman–Crippen MR) is 64.1 cm³/mol. The lowest BCUT2D eigenvalue weighted by molar-refractivity contribution is 0.655. The summed E-state index contributed by atoms with van der Waals surface area (Å²) in [6, 6.07) is 9.36. The Bertz CT molecular complexity index is 449. The van der Waals surface area contributed by atoms with Gasteiger partial charge in [-0.05, 0) is 61.6 Å². The van der Waals surface area contributed by atoms with Crippen molar-refractivity contribution in [1.82, 2.24) is 0 Å². The van der Waals surface area contributed by atoms with Gasteiger partial charge in [-0.3, -0.25) is 0 Å². The van der Waals surface area contributed by atoms with E-state index in [0.717, 1.165) is 19.3 Å². The van der Waals surface area contributed by atoms with Gasteiger partial charge >= 0.3 is 0 Å². The molecule has 82 valence electrons. The van der Waals surface area contributed by atoms with Crippen LogP contribution in [-0.4, -0.2) is 0 Å². The number of aryl methyl sites for hydroxylation is 2. The van der Waals surface area contributed by atoms with E-state index >= 15 is 0 Å². The molecule has 0 saturated heterocycles. The first-order valence-corrected chi connectivity index (χ1v) is 6.33. The highest BCUT2D eigenvalue weighted by atomic mass is 14.5. The Morgan fingerprint density at radius 3 is 2.56 bits per heavy atom. The van der Waals surface area contributed by atoms with Crippen LogP contribution in [0.25, 0.3) is 0 Å². The van der Waals surface area contributed by atoms with E-state index in [1.807, 2.05) is 0 Å². The quantitative estimate of drug-likeness (QED) is 0.735. The van der Waals surface area contributed by atoms with Crippen molar-refractivity contribution in [3.05, 3.63) is 34.9 Å². The third kappa shape index (κ3) is 1.73. The summed E-state index contributed by atoms with van der Waals surface area (Å²) in [7, 11) is 0. The third-order valence-corrected chi connectivity index (χ3v) is 4.05. The van der Waals surface area contributed by atoms with E-state index in [-0.39, 0.29) is 5.41 Å². The van der Waals surface area contributed by atoms with E-state index in [9.17, 15) is 0 Å². The molecule has 0 aromatic heterocycles. The molecule has 1 nitrogen and oxygen atoms in total. The zero-order valence-corrected chi connectivity index (χ0v) is 9.63. The molecule has 1 fully saturated rings. The Hall–Kier alpha value is -1.29. The summed E-state index contributed by atoms with van der Waals surface area (Å²) >= 11 is 0. The number of hydrogen-bond donors (Lipinski definition) is 0. The molecule has 0 atom stereocenters. The van der Waals surface area contributed by atoms with Crippen LogP contribution in [0.5, 0.6) is 0 Å². The Morgan fingerprint density at radius 1 is 1.12 bits per heavy atom. The molecule has 2 aliphatic carbocycles. The van der Waals surface area contributed by atoms with Crippen LogP contribution in [0.1, 0.15) is 42.4 Å². The van der Waals surface area contributed by atoms with Gasteiger partial charge in [0.15, 0.2) is 0 Å². The molecule has 1 heteroatoms. The molecule has 1 saturated carbocycles. The number of hydrogen-bond acceptors (Lipinski definition) is 1. The second-order valence-electron chi connectivity index (χ2n) is 5.38. The van der Waals surface area contributed by atoms with Gasteiger partial charge in [-0.25, -0.2) is 0 Å². The van der Waals surface area contributed by atoms with E-state index in [1.165, 1.54) is 42.4 Å². The Labute approximate surface area is 97.1 Å². The molecular weight excluding hydrogens is 194 g/mol. The van der Waals surface area contributed by atoms with Crippen molar-refractivity contribution in [3.8, 4) is 6.07 Å². The van der Waals surface area contributed by atoms with Gasteiger partial charge in [0.2, 0.25) is 0 Å². The van der Waals surface area contributed by atoms with E-state index in [1.54, 1.807) is 0 Å². The second kappa shape index (κ2) is 3.63. The van der Waals surface area contributed by atoms with Gasteiger partial charge in [0.25, 0.3) is 0 Å². The molecule has 0 unspecified atom stereocenters. The Morgan fingerprint density at radius 2 is 1.88 bits per heavy atom. The molecule has 16 heavy (non-hydrogen) atoms. The van der Waals surface area contributed by atoms with Crippen LogP contribution in [0, 0.1) is 16.7 Å². The van der Waals surface area contributed by atoms with Crippen LogP contribution in [0.15, 0.2) is 18.2 Å². The summed E-state index contributed by atoms with van der Waals surface area (Å²) in [5, 5.41) is 9.11. The van der Waals surface area contributed by atoms with Crippen molar-refractivity contribution in [2.24, 2.45) is 5.41 Å². The fraction of sp³-hybridized carbons (Fsp3) is 0.533. The zero-order valence-electron chi connectivity index (χ0n) is 9.63. The molecule has 3 rings (SSSR count). The number of rotatable bonds is 2. The minimum Gasteiger partial charge on any atom is -0.198 e. The molecule has 1 aromatic carbocycles. The smallest absolute Gasteiger partial charge is 0.0693 e. The highest BCUT2D eigenvalue weighted by molar-refractivity contribution is 5.35.